The van der Waals surface area contributed by atoms with Gasteiger partial charge in [0.25, 0.3) is 0 Å². The first-order valence-corrected chi connectivity index (χ1v) is 6.54. The molecular weight excluding hydrogens is 286 g/mol. The molecule has 0 saturated heterocycles. The number of hydrogen-bond donors (Lipinski definition) is 4. The Morgan fingerprint density at radius 1 is 0.864 bits per heavy atom. The monoisotopic (exact) mass is 301 g/mol. The fourth-order valence-electron chi connectivity index (χ4n) is 2.09. The zero-order chi connectivity index (χ0) is 16.1. The molecule has 0 aliphatic rings. The minimum atomic E-state index is -1.14. The summed E-state index contributed by atoms with van der Waals surface area (Å²) >= 11 is 0. The van der Waals surface area contributed by atoms with E-state index >= 15 is 0 Å². The molecular formula is C16H15NO5. The smallest absolute Gasteiger partial charge is 0.322 e. The number of carboxylic acids is 1. The number of carbonyl (C=O) groups is 2. The molecule has 2 rings (SSSR count). The van der Waals surface area contributed by atoms with Crippen LogP contribution in [0.1, 0.15) is 17.0 Å². The number of hydrogen-bond acceptors (Lipinski definition) is 4. The number of amides is 1. The van der Waals surface area contributed by atoms with Crippen LogP contribution in [0.2, 0.25) is 0 Å². The highest BCUT2D eigenvalue weighted by Crippen LogP contribution is 2.27. The summed E-state index contributed by atoms with van der Waals surface area (Å²) in [4.78, 5) is 22.9. The lowest BCUT2D eigenvalue weighted by Crippen LogP contribution is -2.34. The second-order valence-corrected chi connectivity index (χ2v) is 4.73. The molecule has 22 heavy (non-hydrogen) atoms. The fourth-order valence-corrected chi connectivity index (χ4v) is 2.09. The van der Waals surface area contributed by atoms with Crippen molar-refractivity contribution < 1.29 is 24.9 Å². The average Bonchev–Trinajstić information content (AvgIpc) is 2.49. The highest BCUT2D eigenvalue weighted by molar-refractivity contribution is 5.89. The first-order valence-electron chi connectivity index (χ1n) is 6.54. The molecule has 6 heteroatoms. The Hall–Kier alpha value is -3.02. The summed E-state index contributed by atoms with van der Waals surface area (Å²) < 4.78 is 0. The molecule has 0 radical (unpaired) electrons. The number of carbonyl (C=O) groups excluding carboxylic acids is 1. The van der Waals surface area contributed by atoms with Gasteiger partial charge < -0.3 is 20.6 Å². The third-order valence-corrected chi connectivity index (χ3v) is 3.13. The quantitative estimate of drug-likeness (QED) is 0.668. The maximum absolute atomic E-state index is 12.3. The van der Waals surface area contributed by atoms with Crippen LogP contribution in [-0.2, 0) is 9.59 Å². The molecule has 1 amide bonds. The van der Waals surface area contributed by atoms with E-state index in [9.17, 15) is 19.8 Å². The van der Waals surface area contributed by atoms with E-state index in [0.717, 1.165) is 0 Å². The van der Waals surface area contributed by atoms with Gasteiger partial charge in [-0.05, 0) is 35.4 Å². The van der Waals surface area contributed by atoms with Gasteiger partial charge in [-0.25, -0.2) is 0 Å². The third-order valence-electron chi connectivity index (χ3n) is 3.13. The molecule has 2 aromatic rings. The zero-order valence-corrected chi connectivity index (χ0v) is 11.6. The van der Waals surface area contributed by atoms with Crippen LogP contribution < -0.4 is 5.32 Å². The molecule has 0 saturated carbocycles. The van der Waals surface area contributed by atoms with Crippen molar-refractivity contribution in [2.45, 2.75) is 5.92 Å². The third kappa shape index (κ3) is 3.76. The van der Waals surface area contributed by atoms with Gasteiger partial charge in [-0.1, -0.05) is 24.3 Å². The molecule has 6 nitrogen and oxygen atoms in total. The number of rotatable bonds is 5. The van der Waals surface area contributed by atoms with Crippen molar-refractivity contribution in [2.24, 2.45) is 0 Å². The number of aliphatic carboxylic acids is 1. The van der Waals surface area contributed by atoms with E-state index in [-0.39, 0.29) is 11.5 Å². The molecule has 0 spiro atoms. The van der Waals surface area contributed by atoms with Gasteiger partial charge in [0.05, 0.1) is 5.92 Å². The maximum Gasteiger partial charge on any atom is 0.322 e. The Morgan fingerprint density at radius 3 is 1.64 bits per heavy atom. The fraction of sp³-hybridized carbons (Fsp3) is 0.125. The van der Waals surface area contributed by atoms with Crippen LogP contribution in [-0.4, -0.2) is 33.7 Å². The Bertz CT molecular complexity index is 618. The first-order chi connectivity index (χ1) is 10.5. The van der Waals surface area contributed by atoms with E-state index in [4.69, 9.17) is 5.11 Å². The summed E-state index contributed by atoms with van der Waals surface area (Å²) in [5.41, 5.74) is 1.21. The van der Waals surface area contributed by atoms with E-state index in [2.05, 4.69) is 5.32 Å². The first kappa shape index (κ1) is 15.4. The Kier molecular flexibility index (Phi) is 4.63. The minimum absolute atomic E-state index is 0.0687. The van der Waals surface area contributed by atoms with Gasteiger partial charge in [0.1, 0.15) is 18.0 Å². The van der Waals surface area contributed by atoms with Crippen LogP contribution in [0.15, 0.2) is 48.5 Å². The van der Waals surface area contributed by atoms with Gasteiger partial charge in [-0.15, -0.1) is 0 Å². The van der Waals surface area contributed by atoms with E-state index in [1.807, 2.05) is 0 Å². The molecule has 0 atom stereocenters. The molecule has 114 valence electrons. The van der Waals surface area contributed by atoms with Crippen molar-refractivity contribution in [2.75, 3.05) is 6.54 Å². The topological polar surface area (TPSA) is 107 Å². The van der Waals surface area contributed by atoms with Crippen molar-refractivity contribution in [3.63, 3.8) is 0 Å². The van der Waals surface area contributed by atoms with Crippen LogP contribution in [0.4, 0.5) is 0 Å². The largest absolute Gasteiger partial charge is 0.508 e. The molecule has 0 bridgehead atoms. The second-order valence-electron chi connectivity index (χ2n) is 4.73. The normalized spacial score (nSPS) is 10.4. The zero-order valence-electron chi connectivity index (χ0n) is 11.6. The van der Waals surface area contributed by atoms with Gasteiger partial charge in [0, 0.05) is 0 Å². The average molecular weight is 301 g/mol. The van der Waals surface area contributed by atoms with Crippen molar-refractivity contribution in [3.05, 3.63) is 59.7 Å². The van der Waals surface area contributed by atoms with E-state index in [1.54, 1.807) is 24.3 Å². The number of phenolic OH excluding ortho intramolecular Hbond substituents is 2. The number of benzene rings is 2. The highest BCUT2D eigenvalue weighted by Gasteiger charge is 2.23. The van der Waals surface area contributed by atoms with E-state index in [1.165, 1.54) is 24.3 Å². The summed E-state index contributed by atoms with van der Waals surface area (Å²) in [5.74, 6) is -2.21. The molecule has 0 aliphatic carbocycles. The maximum atomic E-state index is 12.3. The Morgan fingerprint density at radius 2 is 1.27 bits per heavy atom. The van der Waals surface area contributed by atoms with Crippen molar-refractivity contribution in [1.82, 2.24) is 5.32 Å². The van der Waals surface area contributed by atoms with Crippen molar-refractivity contribution >= 4 is 11.9 Å². The van der Waals surface area contributed by atoms with Gasteiger partial charge in [-0.3, -0.25) is 9.59 Å². The molecule has 0 unspecified atom stereocenters. The minimum Gasteiger partial charge on any atom is -0.508 e. The summed E-state index contributed by atoms with van der Waals surface area (Å²) in [6.07, 6.45) is 0. The standard InChI is InChI=1S/C16H15NO5/c18-12-5-1-10(2-6-12)15(16(22)17-9-14(20)21)11-3-7-13(19)8-4-11/h1-8,15,18-19H,9H2,(H,17,22)(H,20,21). The molecule has 0 aliphatic heterocycles. The highest BCUT2D eigenvalue weighted by atomic mass is 16.4. The predicted octanol–water partition coefficient (Wildman–Crippen LogP) is 1.43. The molecule has 0 fully saturated rings. The number of nitrogens with one attached hydrogen (secondary N) is 1. The van der Waals surface area contributed by atoms with Crippen LogP contribution in [0, 0.1) is 0 Å². The van der Waals surface area contributed by atoms with Gasteiger partial charge in [0.15, 0.2) is 0 Å². The lowest BCUT2D eigenvalue weighted by atomic mass is 9.90. The SMILES string of the molecule is O=C(O)CNC(=O)C(c1ccc(O)cc1)c1ccc(O)cc1. The Balaban J connectivity index is 2.35. The lowest BCUT2D eigenvalue weighted by Gasteiger charge is -2.17. The summed E-state index contributed by atoms with van der Waals surface area (Å²) in [6.45, 7) is -0.481. The van der Waals surface area contributed by atoms with Crippen molar-refractivity contribution in [3.8, 4) is 11.5 Å². The predicted molar refractivity (Wildman–Crippen MR) is 78.7 cm³/mol. The van der Waals surface area contributed by atoms with Crippen LogP contribution >= 0.6 is 0 Å². The van der Waals surface area contributed by atoms with E-state index < -0.39 is 24.3 Å². The van der Waals surface area contributed by atoms with Gasteiger partial charge >= 0.3 is 5.97 Å². The number of aromatic hydroxyl groups is 2. The van der Waals surface area contributed by atoms with Crippen LogP contribution in [0.5, 0.6) is 11.5 Å². The summed E-state index contributed by atoms with van der Waals surface area (Å²) in [5, 5.41) is 29.7. The van der Waals surface area contributed by atoms with Crippen LogP contribution in [0.25, 0.3) is 0 Å². The van der Waals surface area contributed by atoms with Gasteiger partial charge in [-0.2, -0.15) is 0 Å². The number of carboxylic acid groups (broad SMARTS) is 1. The van der Waals surface area contributed by atoms with Gasteiger partial charge in [0.2, 0.25) is 5.91 Å². The summed E-state index contributed by atoms with van der Waals surface area (Å²) in [6, 6.07) is 12.2. The lowest BCUT2D eigenvalue weighted by molar-refractivity contribution is -0.138. The molecule has 4 N–H and O–H groups in total. The summed E-state index contributed by atoms with van der Waals surface area (Å²) in [7, 11) is 0. The molecule has 2 aromatic carbocycles. The van der Waals surface area contributed by atoms with E-state index in [0.29, 0.717) is 11.1 Å². The van der Waals surface area contributed by atoms with Crippen molar-refractivity contribution in [1.29, 1.82) is 0 Å². The van der Waals surface area contributed by atoms with Crippen LogP contribution in [0.3, 0.4) is 0 Å². The molecule has 0 aromatic heterocycles. The number of phenols is 2. The second kappa shape index (κ2) is 6.62. The Labute approximate surface area is 126 Å². The molecule has 0 heterocycles.